The number of hydrogen-bond donors (Lipinski definition) is 2. The number of aliphatic hydroxyl groups excluding tert-OH is 1. The first-order valence-corrected chi connectivity index (χ1v) is 6.66. The Morgan fingerprint density at radius 2 is 1.94 bits per heavy atom. The van der Waals surface area contributed by atoms with Crippen molar-refractivity contribution in [3.05, 3.63) is 35.4 Å². The summed E-state index contributed by atoms with van der Waals surface area (Å²) in [5.41, 5.74) is 2.79. The Morgan fingerprint density at radius 3 is 2.47 bits per heavy atom. The standard InChI is InChI=1S/C15H23NO/c1-3-14(10-17)16-15-8-13(9-15)12-6-4-11(2)5-7-12/h4-7,13-17H,3,8-10H2,1-2H3/t13?,14-,15?/m1/s1. The molecule has 0 radical (unpaired) electrons. The van der Waals surface area contributed by atoms with E-state index in [0.29, 0.717) is 12.0 Å². The van der Waals surface area contributed by atoms with Crippen molar-refractivity contribution >= 4 is 0 Å². The fourth-order valence-electron chi connectivity index (χ4n) is 2.50. The summed E-state index contributed by atoms with van der Waals surface area (Å²) < 4.78 is 0. The van der Waals surface area contributed by atoms with E-state index in [9.17, 15) is 0 Å². The minimum absolute atomic E-state index is 0.252. The normalized spacial score (nSPS) is 25.4. The van der Waals surface area contributed by atoms with E-state index in [-0.39, 0.29) is 12.6 Å². The summed E-state index contributed by atoms with van der Waals surface area (Å²) in [4.78, 5) is 0. The van der Waals surface area contributed by atoms with Crippen LogP contribution in [0.2, 0.25) is 0 Å². The van der Waals surface area contributed by atoms with Gasteiger partial charge < -0.3 is 10.4 Å². The van der Waals surface area contributed by atoms with Crippen LogP contribution in [-0.4, -0.2) is 23.8 Å². The molecular weight excluding hydrogens is 210 g/mol. The molecule has 2 nitrogen and oxygen atoms in total. The monoisotopic (exact) mass is 233 g/mol. The van der Waals surface area contributed by atoms with Crippen LogP contribution < -0.4 is 5.32 Å². The molecule has 1 aromatic rings. The van der Waals surface area contributed by atoms with E-state index in [4.69, 9.17) is 5.11 Å². The second-order valence-electron chi connectivity index (χ2n) is 5.23. The maximum Gasteiger partial charge on any atom is 0.0584 e. The third-order valence-corrected chi connectivity index (χ3v) is 3.87. The van der Waals surface area contributed by atoms with Gasteiger partial charge in [-0.15, -0.1) is 0 Å². The van der Waals surface area contributed by atoms with Crippen LogP contribution in [0.15, 0.2) is 24.3 Å². The van der Waals surface area contributed by atoms with Gasteiger partial charge in [-0.3, -0.25) is 0 Å². The fourth-order valence-corrected chi connectivity index (χ4v) is 2.50. The molecule has 2 N–H and O–H groups in total. The lowest BCUT2D eigenvalue weighted by Gasteiger charge is -2.38. The maximum absolute atomic E-state index is 9.15. The van der Waals surface area contributed by atoms with E-state index in [1.807, 2.05) is 0 Å². The molecule has 1 fully saturated rings. The maximum atomic E-state index is 9.15. The van der Waals surface area contributed by atoms with Gasteiger partial charge in [0.2, 0.25) is 0 Å². The summed E-state index contributed by atoms with van der Waals surface area (Å²) in [6.45, 7) is 4.49. The minimum Gasteiger partial charge on any atom is -0.395 e. The van der Waals surface area contributed by atoms with Crippen molar-refractivity contribution in [2.75, 3.05) is 6.61 Å². The van der Waals surface area contributed by atoms with Crippen molar-refractivity contribution in [3.8, 4) is 0 Å². The number of rotatable bonds is 5. The SMILES string of the molecule is CC[C@H](CO)NC1CC(c2ccc(C)cc2)C1. The predicted octanol–water partition coefficient (Wildman–Crippen LogP) is 2.60. The third kappa shape index (κ3) is 3.08. The van der Waals surface area contributed by atoms with E-state index in [1.165, 1.54) is 24.0 Å². The van der Waals surface area contributed by atoms with Crippen LogP contribution in [0, 0.1) is 6.92 Å². The highest BCUT2D eigenvalue weighted by atomic mass is 16.3. The van der Waals surface area contributed by atoms with Gasteiger partial charge in [0.25, 0.3) is 0 Å². The molecule has 0 amide bonds. The Bertz CT molecular complexity index is 336. The zero-order valence-electron chi connectivity index (χ0n) is 10.8. The van der Waals surface area contributed by atoms with Crippen LogP contribution in [0.5, 0.6) is 0 Å². The molecule has 0 bridgehead atoms. The van der Waals surface area contributed by atoms with Crippen molar-refractivity contribution in [3.63, 3.8) is 0 Å². The molecule has 0 unspecified atom stereocenters. The lowest BCUT2D eigenvalue weighted by molar-refractivity contribution is 0.193. The number of aryl methyl sites for hydroxylation is 1. The highest BCUT2D eigenvalue weighted by Gasteiger charge is 2.30. The van der Waals surface area contributed by atoms with Crippen LogP contribution >= 0.6 is 0 Å². The minimum atomic E-state index is 0.252. The second kappa shape index (κ2) is 5.65. The zero-order chi connectivity index (χ0) is 12.3. The summed E-state index contributed by atoms with van der Waals surface area (Å²) in [7, 11) is 0. The first-order valence-electron chi connectivity index (χ1n) is 6.66. The Labute approximate surface area is 104 Å². The predicted molar refractivity (Wildman–Crippen MR) is 71.2 cm³/mol. The summed E-state index contributed by atoms with van der Waals surface area (Å²) in [5.74, 6) is 0.712. The molecule has 1 atom stereocenters. The Kier molecular flexibility index (Phi) is 4.19. The number of hydrogen-bond acceptors (Lipinski definition) is 2. The van der Waals surface area contributed by atoms with E-state index in [2.05, 4.69) is 43.4 Å². The lowest BCUT2D eigenvalue weighted by atomic mass is 9.75. The Morgan fingerprint density at radius 1 is 1.29 bits per heavy atom. The fraction of sp³-hybridized carbons (Fsp3) is 0.600. The van der Waals surface area contributed by atoms with Crippen LogP contribution in [0.3, 0.4) is 0 Å². The number of aliphatic hydroxyl groups is 1. The number of nitrogens with one attached hydrogen (secondary N) is 1. The van der Waals surface area contributed by atoms with Gasteiger partial charge in [0, 0.05) is 12.1 Å². The largest absolute Gasteiger partial charge is 0.395 e. The van der Waals surface area contributed by atoms with Gasteiger partial charge in [0.15, 0.2) is 0 Å². The number of benzene rings is 1. The van der Waals surface area contributed by atoms with Crippen molar-refractivity contribution < 1.29 is 5.11 Å². The molecule has 0 heterocycles. The zero-order valence-corrected chi connectivity index (χ0v) is 10.8. The Balaban J connectivity index is 1.80. The van der Waals surface area contributed by atoms with Crippen LogP contribution in [0.4, 0.5) is 0 Å². The molecule has 94 valence electrons. The summed E-state index contributed by atoms with van der Waals surface area (Å²) in [6, 6.07) is 9.76. The second-order valence-corrected chi connectivity index (χ2v) is 5.23. The molecule has 0 aromatic heterocycles. The first kappa shape index (κ1) is 12.6. The van der Waals surface area contributed by atoms with Gasteiger partial charge in [-0.2, -0.15) is 0 Å². The van der Waals surface area contributed by atoms with Crippen molar-refractivity contribution in [1.29, 1.82) is 0 Å². The molecule has 2 rings (SSSR count). The van der Waals surface area contributed by atoms with Gasteiger partial charge in [0.1, 0.15) is 0 Å². The third-order valence-electron chi connectivity index (χ3n) is 3.87. The molecule has 2 heteroatoms. The summed E-state index contributed by atoms with van der Waals surface area (Å²) in [6.07, 6.45) is 3.42. The van der Waals surface area contributed by atoms with Crippen molar-refractivity contribution in [2.45, 2.75) is 51.1 Å². The highest BCUT2D eigenvalue weighted by molar-refractivity contribution is 5.26. The topological polar surface area (TPSA) is 32.3 Å². The van der Waals surface area contributed by atoms with E-state index < -0.39 is 0 Å². The van der Waals surface area contributed by atoms with E-state index in [1.54, 1.807) is 0 Å². The van der Waals surface area contributed by atoms with Gasteiger partial charge >= 0.3 is 0 Å². The van der Waals surface area contributed by atoms with Crippen LogP contribution in [0.25, 0.3) is 0 Å². The summed E-state index contributed by atoms with van der Waals surface area (Å²) in [5, 5.41) is 12.7. The van der Waals surface area contributed by atoms with Crippen LogP contribution in [0.1, 0.15) is 43.2 Å². The molecule has 17 heavy (non-hydrogen) atoms. The molecular formula is C15H23NO. The van der Waals surface area contributed by atoms with E-state index >= 15 is 0 Å². The Hall–Kier alpha value is -0.860. The molecule has 0 spiro atoms. The van der Waals surface area contributed by atoms with Gasteiger partial charge in [-0.05, 0) is 37.7 Å². The van der Waals surface area contributed by atoms with Crippen molar-refractivity contribution in [1.82, 2.24) is 5.32 Å². The van der Waals surface area contributed by atoms with Crippen molar-refractivity contribution in [2.24, 2.45) is 0 Å². The summed E-state index contributed by atoms with van der Waals surface area (Å²) >= 11 is 0. The first-order chi connectivity index (χ1) is 8.22. The van der Waals surface area contributed by atoms with Gasteiger partial charge in [-0.1, -0.05) is 36.8 Å². The molecule has 1 aromatic carbocycles. The van der Waals surface area contributed by atoms with Crippen LogP contribution in [-0.2, 0) is 0 Å². The molecule has 0 saturated heterocycles. The molecule has 0 aliphatic heterocycles. The average Bonchev–Trinajstić information content (AvgIpc) is 2.30. The van der Waals surface area contributed by atoms with E-state index in [0.717, 1.165) is 6.42 Å². The highest BCUT2D eigenvalue weighted by Crippen LogP contribution is 2.37. The average molecular weight is 233 g/mol. The lowest BCUT2D eigenvalue weighted by Crippen LogP contribution is -2.46. The van der Waals surface area contributed by atoms with Gasteiger partial charge in [-0.25, -0.2) is 0 Å². The quantitative estimate of drug-likeness (QED) is 0.819. The molecule has 1 saturated carbocycles. The smallest absolute Gasteiger partial charge is 0.0584 e. The van der Waals surface area contributed by atoms with Gasteiger partial charge in [0.05, 0.1) is 6.61 Å². The molecule has 1 aliphatic carbocycles. The molecule has 1 aliphatic rings.